The zero-order valence-electron chi connectivity index (χ0n) is 14.2. The molecule has 2 aromatic rings. The van der Waals surface area contributed by atoms with E-state index in [9.17, 15) is 4.79 Å². The summed E-state index contributed by atoms with van der Waals surface area (Å²) in [7, 11) is 1.93. The summed E-state index contributed by atoms with van der Waals surface area (Å²) in [4.78, 5) is 21.6. The number of hydrogen-bond acceptors (Lipinski definition) is 6. The lowest BCUT2D eigenvalue weighted by Crippen LogP contribution is -2.41. The molecule has 4 heterocycles. The summed E-state index contributed by atoms with van der Waals surface area (Å²) < 4.78 is 8.55. The van der Waals surface area contributed by atoms with Crippen LogP contribution in [-0.2, 0) is 16.6 Å². The highest BCUT2D eigenvalue weighted by atomic mass is 32.1. The summed E-state index contributed by atoms with van der Waals surface area (Å²) in [6.45, 7) is 6.04. The van der Waals surface area contributed by atoms with Gasteiger partial charge in [0.25, 0.3) is 5.91 Å². The topological polar surface area (TPSA) is 63.5 Å². The SMILES string of the molecule is Cc1nn(C)c2nc(N3CCCN(C(=O)[C@H]4CCCO4)CC3)sc12. The van der Waals surface area contributed by atoms with E-state index in [1.807, 2.05) is 23.6 Å². The van der Waals surface area contributed by atoms with Crippen LogP contribution in [-0.4, -0.2) is 64.5 Å². The quantitative estimate of drug-likeness (QED) is 0.823. The minimum Gasteiger partial charge on any atom is -0.368 e. The van der Waals surface area contributed by atoms with Crippen LogP contribution in [0.2, 0.25) is 0 Å². The first-order valence-corrected chi connectivity index (χ1v) is 9.40. The Kier molecular flexibility index (Phi) is 4.17. The first kappa shape index (κ1) is 15.8. The smallest absolute Gasteiger partial charge is 0.251 e. The van der Waals surface area contributed by atoms with E-state index >= 15 is 0 Å². The maximum atomic E-state index is 12.5. The van der Waals surface area contributed by atoms with E-state index in [0.29, 0.717) is 0 Å². The number of amides is 1. The third kappa shape index (κ3) is 2.77. The van der Waals surface area contributed by atoms with Gasteiger partial charge in [-0.1, -0.05) is 11.3 Å². The molecule has 0 unspecified atom stereocenters. The summed E-state index contributed by atoms with van der Waals surface area (Å²) in [6, 6.07) is 0. The number of carbonyl (C=O) groups is 1. The molecule has 1 amide bonds. The fraction of sp³-hybridized carbons (Fsp3) is 0.688. The molecular weight excluding hydrogens is 326 g/mol. The van der Waals surface area contributed by atoms with Gasteiger partial charge in [-0.25, -0.2) is 9.67 Å². The van der Waals surface area contributed by atoms with Crippen molar-refractivity contribution >= 4 is 32.7 Å². The van der Waals surface area contributed by atoms with E-state index in [1.54, 1.807) is 11.3 Å². The molecule has 0 bridgehead atoms. The van der Waals surface area contributed by atoms with Crippen LogP contribution in [0.5, 0.6) is 0 Å². The predicted octanol–water partition coefficient (Wildman–Crippen LogP) is 1.56. The largest absolute Gasteiger partial charge is 0.368 e. The van der Waals surface area contributed by atoms with E-state index in [1.165, 1.54) is 0 Å². The van der Waals surface area contributed by atoms with Crippen LogP contribution in [0.15, 0.2) is 0 Å². The number of thiazole rings is 1. The standard InChI is InChI=1S/C16H23N5O2S/c1-11-13-14(19(2)18-11)17-16(24-13)21-7-4-6-20(8-9-21)15(22)12-5-3-10-23-12/h12H,3-10H2,1-2H3/t12-/m1/s1. The fourth-order valence-corrected chi connectivity index (χ4v) is 4.60. The molecule has 2 saturated heterocycles. The van der Waals surface area contributed by atoms with Crippen LogP contribution < -0.4 is 4.90 Å². The van der Waals surface area contributed by atoms with Gasteiger partial charge in [-0.05, 0) is 26.2 Å². The molecule has 0 spiro atoms. The van der Waals surface area contributed by atoms with Gasteiger partial charge in [0.05, 0.1) is 10.4 Å². The van der Waals surface area contributed by atoms with Crippen molar-refractivity contribution in [1.82, 2.24) is 19.7 Å². The van der Waals surface area contributed by atoms with Gasteiger partial charge >= 0.3 is 0 Å². The minimum absolute atomic E-state index is 0.165. The van der Waals surface area contributed by atoms with Gasteiger partial charge in [-0.3, -0.25) is 4.79 Å². The third-order valence-corrected chi connectivity index (χ3v) is 6.03. The predicted molar refractivity (Wildman–Crippen MR) is 93.5 cm³/mol. The Balaban J connectivity index is 1.47. The first-order valence-electron chi connectivity index (χ1n) is 8.59. The number of fused-ring (bicyclic) bond motifs is 1. The molecule has 0 radical (unpaired) electrons. The number of ether oxygens (including phenoxy) is 1. The Morgan fingerprint density at radius 1 is 1.25 bits per heavy atom. The van der Waals surface area contributed by atoms with Crippen LogP contribution in [0.3, 0.4) is 0 Å². The van der Waals surface area contributed by atoms with Crippen molar-refractivity contribution in [3.63, 3.8) is 0 Å². The second-order valence-electron chi connectivity index (χ2n) is 6.53. The highest BCUT2D eigenvalue weighted by molar-refractivity contribution is 7.22. The molecular formula is C16H23N5O2S. The highest BCUT2D eigenvalue weighted by Gasteiger charge is 2.30. The highest BCUT2D eigenvalue weighted by Crippen LogP contribution is 2.31. The van der Waals surface area contributed by atoms with Crippen molar-refractivity contribution < 1.29 is 9.53 Å². The number of nitrogens with zero attached hydrogens (tertiary/aromatic N) is 5. The number of carbonyl (C=O) groups excluding carboxylic acids is 1. The van der Waals surface area contributed by atoms with Gasteiger partial charge in [-0.15, -0.1) is 0 Å². The van der Waals surface area contributed by atoms with E-state index in [2.05, 4.69) is 10.00 Å². The molecule has 0 aromatic carbocycles. The van der Waals surface area contributed by atoms with E-state index in [-0.39, 0.29) is 12.0 Å². The second kappa shape index (κ2) is 6.33. The van der Waals surface area contributed by atoms with E-state index < -0.39 is 0 Å². The van der Waals surface area contributed by atoms with Gasteiger partial charge in [-0.2, -0.15) is 5.10 Å². The van der Waals surface area contributed by atoms with Gasteiger partial charge in [0.2, 0.25) is 0 Å². The Morgan fingerprint density at radius 2 is 2.12 bits per heavy atom. The molecule has 4 rings (SSSR count). The summed E-state index contributed by atoms with van der Waals surface area (Å²) in [5, 5.41) is 5.45. The van der Waals surface area contributed by atoms with Crippen molar-refractivity contribution in [1.29, 1.82) is 0 Å². The molecule has 130 valence electrons. The van der Waals surface area contributed by atoms with Gasteiger partial charge < -0.3 is 14.5 Å². The minimum atomic E-state index is -0.215. The Bertz CT molecular complexity index is 715. The van der Waals surface area contributed by atoms with Crippen LogP contribution in [0, 0.1) is 6.92 Å². The van der Waals surface area contributed by atoms with Crippen LogP contribution >= 0.6 is 11.3 Å². The monoisotopic (exact) mass is 349 g/mol. The number of rotatable bonds is 2. The van der Waals surface area contributed by atoms with Crippen molar-refractivity contribution in [2.24, 2.45) is 7.05 Å². The van der Waals surface area contributed by atoms with Crippen LogP contribution in [0.1, 0.15) is 25.0 Å². The Morgan fingerprint density at radius 3 is 2.88 bits per heavy atom. The molecule has 2 aliphatic rings. The molecule has 0 saturated carbocycles. The van der Waals surface area contributed by atoms with Gasteiger partial charge in [0.1, 0.15) is 6.10 Å². The van der Waals surface area contributed by atoms with Crippen LogP contribution in [0.25, 0.3) is 10.3 Å². The third-order valence-electron chi connectivity index (χ3n) is 4.82. The summed E-state index contributed by atoms with van der Waals surface area (Å²) in [6.07, 6.45) is 2.61. The number of aryl methyl sites for hydroxylation is 2. The Hall–Kier alpha value is -1.67. The summed E-state index contributed by atoms with van der Waals surface area (Å²) in [5.74, 6) is 0.165. The number of anilines is 1. The molecule has 2 aromatic heterocycles. The van der Waals surface area contributed by atoms with Crippen molar-refractivity contribution in [3.8, 4) is 0 Å². The maximum absolute atomic E-state index is 12.5. The Labute approximate surface area is 145 Å². The zero-order chi connectivity index (χ0) is 16.7. The molecule has 8 heteroatoms. The zero-order valence-corrected chi connectivity index (χ0v) is 15.0. The maximum Gasteiger partial charge on any atom is 0.251 e. The summed E-state index contributed by atoms with van der Waals surface area (Å²) in [5.41, 5.74) is 1.98. The molecule has 24 heavy (non-hydrogen) atoms. The van der Waals surface area contributed by atoms with Crippen molar-refractivity contribution in [2.45, 2.75) is 32.3 Å². The molecule has 2 fully saturated rings. The molecule has 7 nitrogen and oxygen atoms in total. The van der Waals surface area contributed by atoms with Crippen molar-refractivity contribution in [3.05, 3.63) is 5.69 Å². The summed E-state index contributed by atoms with van der Waals surface area (Å²) >= 11 is 1.70. The average Bonchev–Trinajstić information content (AvgIpc) is 3.24. The normalized spacial score (nSPS) is 22.3. The van der Waals surface area contributed by atoms with E-state index in [4.69, 9.17) is 9.72 Å². The lowest BCUT2D eigenvalue weighted by molar-refractivity contribution is -0.140. The van der Waals surface area contributed by atoms with Crippen LogP contribution in [0.4, 0.5) is 5.13 Å². The average molecular weight is 349 g/mol. The molecule has 0 aliphatic carbocycles. The van der Waals surface area contributed by atoms with Gasteiger partial charge in [0, 0.05) is 39.8 Å². The number of aromatic nitrogens is 3. The lowest BCUT2D eigenvalue weighted by Gasteiger charge is -2.24. The fourth-order valence-electron chi connectivity index (χ4n) is 3.51. The molecule has 2 aliphatic heterocycles. The van der Waals surface area contributed by atoms with Crippen molar-refractivity contribution in [2.75, 3.05) is 37.7 Å². The van der Waals surface area contributed by atoms with Gasteiger partial charge in [0.15, 0.2) is 10.8 Å². The van der Waals surface area contributed by atoms with E-state index in [0.717, 1.165) is 73.2 Å². The second-order valence-corrected chi connectivity index (χ2v) is 7.50. The lowest BCUT2D eigenvalue weighted by atomic mass is 10.2. The first-order chi connectivity index (χ1) is 11.6. The molecule has 1 atom stereocenters. The molecule has 0 N–H and O–H groups in total. The number of hydrogen-bond donors (Lipinski definition) is 0.